The van der Waals surface area contributed by atoms with Crippen LogP contribution in [0.4, 0.5) is 0 Å². The fourth-order valence-electron chi connectivity index (χ4n) is 3.35. The van der Waals surface area contributed by atoms with Crippen LogP contribution in [-0.4, -0.2) is 50.8 Å². The third-order valence-corrected chi connectivity index (χ3v) is 4.92. The second kappa shape index (κ2) is 9.77. The molecule has 0 saturated carbocycles. The standard InChI is InChI=1S/C21H24N4O3/c26-20(23-22-14-17-6-8-19(9-7-17)21(27)28)16-25-12-10-24(11-13-25)15-18-4-2-1-3-5-18/h1-9,14H,10-13,15-16H2,(H,23,26)(H,27,28)/p+1. The Morgan fingerprint density at radius 2 is 1.61 bits per heavy atom. The Hall–Kier alpha value is -3.03. The van der Waals surface area contributed by atoms with E-state index in [4.69, 9.17) is 0 Å². The van der Waals surface area contributed by atoms with Crippen LogP contribution in [0.2, 0.25) is 0 Å². The van der Waals surface area contributed by atoms with Crippen molar-refractivity contribution in [2.24, 2.45) is 5.10 Å². The van der Waals surface area contributed by atoms with Crippen LogP contribution >= 0.6 is 0 Å². The van der Waals surface area contributed by atoms with Gasteiger partial charge in [-0.05, 0) is 11.1 Å². The number of carboxylic acid groups (broad SMARTS) is 1. The monoisotopic (exact) mass is 381 g/mol. The Balaban J connectivity index is 1.38. The molecule has 0 radical (unpaired) electrons. The molecule has 0 unspecified atom stereocenters. The molecule has 1 heterocycles. The summed E-state index contributed by atoms with van der Waals surface area (Å²) in [7, 11) is 0. The topological polar surface area (TPSA) is 90.5 Å². The number of carbonyl (C=O) groups is 2. The van der Waals surface area contributed by atoms with E-state index < -0.39 is 5.97 Å². The third-order valence-electron chi connectivity index (χ3n) is 4.92. The van der Waals surface area contributed by atoms with E-state index in [9.17, 15) is 14.7 Å². The number of carboxylic acids is 1. The molecular formula is C21H25N4O3+. The van der Waals surface area contributed by atoms with Crippen molar-refractivity contribution in [3.63, 3.8) is 0 Å². The highest BCUT2D eigenvalue weighted by molar-refractivity contribution is 5.88. The number of rotatable bonds is 7. The van der Waals surface area contributed by atoms with Crippen LogP contribution in [0.5, 0.6) is 0 Å². The van der Waals surface area contributed by atoms with Gasteiger partial charge in [0.15, 0.2) is 6.54 Å². The lowest BCUT2D eigenvalue weighted by Crippen LogP contribution is -3.28. The zero-order valence-corrected chi connectivity index (χ0v) is 15.7. The Kier molecular flexibility index (Phi) is 6.89. The molecule has 146 valence electrons. The minimum atomic E-state index is -1.22. The maximum Gasteiger partial charge on any atom is 0.295 e. The maximum atomic E-state index is 12.1. The molecule has 2 aromatic rings. The van der Waals surface area contributed by atoms with Gasteiger partial charge in [0.05, 0.1) is 12.2 Å². The van der Waals surface area contributed by atoms with E-state index in [0.717, 1.165) is 32.7 Å². The van der Waals surface area contributed by atoms with Crippen molar-refractivity contribution in [1.29, 1.82) is 0 Å². The Bertz CT molecular complexity index is 813. The lowest BCUT2D eigenvalue weighted by Gasteiger charge is -2.29. The molecule has 1 aliphatic heterocycles. The fraction of sp³-hybridized carbons (Fsp3) is 0.286. The van der Waals surface area contributed by atoms with E-state index in [2.05, 4.69) is 34.8 Å². The van der Waals surface area contributed by atoms with Crippen LogP contribution in [0.1, 0.15) is 21.5 Å². The molecule has 1 aliphatic rings. The molecule has 3 N–H and O–H groups in total. The molecule has 0 bridgehead atoms. The average molecular weight is 381 g/mol. The first-order valence-corrected chi connectivity index (χ1v) is 9.44. The zero-order chi connectivity index (χ0) is 19.8. The molecule has 28 heavy (non-hydrogen) atoms. The van der Waals surface area contributed by atoms with Crippen LogP contribution in [-0.2, 0) is 11.3 Å². The summed E-state index contributed by atoms with van der Waals surface area (Å²) in [5.41, 5.74) is 4.70. The van der Waals surface area contributed by atoms with Crippen molar-refractivity contribution in [2.45, 2.75) is 6.54 Å². The SMILES string of the molecule is O=C(C[NH+]1CC[NH+](Cc2ccccc2)CC1)NN=Cc1ccc(C(=O)[O-])cc1. The van der Waals surface area contributed by atoms with Crippen molar-refractivity contribution in [3.05, 3.63) is 71.3 Å². The van der Waals surface area contributed by atoms with Crippen molar-refractivity contribution in [2.75, 3.05) is 32.7 Å². The quantitative estimate of drug-likeness (QED) is 0.365. The van der Waals surface area contributed by atoms with Gasteiger partial charge in [-0.25, -0.2) is 5.43 Å². The number of quaternary nitrogens is 2. The largest absolute Gasteiger partial charge is 0.545 e. The molecule has 7 nitrogen and oxygen atoms in total. The van der Waals surface area contributed by atoms with Crippen molar-refractivity contribution in [1.82, 2.24) is 5.43 Å². The van der Waals surface area contributed by atoms with Crippen molar-refractivity contribution in [3.8, 4) is 0 Å². The first-order chi connectivity index (χ1) is 13.6. The molecular weight excluding hydrogens is 356 g/mol. The van der Waals surface area contributed by atoms with E-state index >= 15 is 0 Å². The third kappa shape index (κ3) is 6.00. The first-order valence-electron chi connectivity index (χ1n) is 9.44. The smallest absolute Gasteiger partial charge is 0.295 e. The van der Waals surface area contributed by atoms with E-state index in [0.29, 0.717) is 12.1 Å². The first kappa shape index (κ1) is 19.7. The highest BCUT2D eigenvalue weighted by Crippen LogP contribution is 2.01. The van der Waals surface area contributed by atoms with Gasteiger partial charge in [0.1, 0.15) is 32.7 Å². The molecule has 1 saturated heterocycles. The maximum absolute atomic E-state index is 12.1. The summed E-state index contributed by atoms with van der Waals surface area (Å²) in [4.78, 5) is 25.6. The molecule has 0 spiro atoms. The second-order valence-corrected chi connectivity index (χ2v) is 7.04. The summed E-state index contributed by atoms with van der Waals surface area (Å²) in [5.74, 6) is -1.34. The van der Waals surface area contributed by atoms with Gasteiger partial charge < -0.3 is 19.7 Å². The highest BCUT2D eigenvalue weighted by Gasteiger charge is 2.24. The molecule has 3 rings (SSSR count). The van der Waals surface area contributed by atoms with Crippen LogP contribution in [0.3, 0.4) is 0 Å². The van der Waals surface area contributed by atoms with Gasteiger partial charge in [0.2, 0.25) is 0 Å². The Morgan fingerprint density at radius 1 is 0.964 bits per heavy atom. The molecule has 7 heteroatoms. The van der Waals surface area contributed by atoms with Crippen LogP contribution < -0.4 is 20.3 Å². The lowest BCUT2D eigenvalue weighted by atomic mass is 10.1. The molecule has 2 aromatic carbocycles. The number of hydrogen-bond donors (Lipinski definition) is 3. The van der Waals surface area contributed by atoms with Crippen LogP contribution in [0.15, 0.2) is 59.7 Å². The molecule has 1 amide bonds. The summed E-state index contributed by atoms with van der Waals surface area (Å²) < 4.78 is 0. The van der Waals surface area contributed by atoms with Gasteiger partial charge in [0.25, 0.3) is 5.91 Å². The van der Waals surface area contributed by atoms with Gasteiger partial charge in [-0.1, -0.05) is 54.6 Å². The van der Waals surface area contributed by atoms with Crippen molar-refractivity contribution >= 4 is 18.1 Å². The summed E-state index contributed by atoms with van der Waals surface area (Å²) in [6.07, 6.45) is 1.49. The number of piperazine rings is 1. The summed E-state index contributed by atoms with van der Waals surface area (Å²) in [6.45, 7) is 5.45. The van der Waals surface area contributed by atoms with Gasteiger partial charge in [-0.15, -0.1) is 0 Å². The average Bonchev–Trinajstić information content (AvgIpc) is 2.71. The number of aromatic carboxylic acids is 1. The summed E-state index contributed by atoms with van der Waals surface area (Å²) in [6, 6.07) is 16.6. The number of benzene rings is 2. The number of carbonyl (C=O) groups excluding carboxylic acids is 2. The minimum Gasteiger partial charge on any atom is -0.545 e. The number of amides is 1. The molecule has 0 aromatic heterocycles. The normalized spacial score (nSPS) is 19.4. The lowest BCUT2D eigenvalue weighted by molar-refractivity contribution is -1.02. The van der Waals surface area contributed by atoms with Crippen LogP contribution in [0, 0.1) is 0 Å². The minimum absolute atomic E-state index is 0.110. The predicted octanol–water partition coefficient (Wildman–Crippen LogP) is -2.52. The Morgan fingerprint density at radius 3 is 2.25 bits per heavy atom. The summed E-state index contributed by atoms with van der Waals surface area (Å²) in [5, 5.41) is 14.7. The zero-order valence-electron chi connectivity index (χ0n) is 15.7. The molecule has 0 atom stereocenters. The van der Waals surface area contributed by atoms with E-state index in [1.54, 1.807) is 17.0 Å². The van der Waals surface area contributed by atoms with Crippen molar-refractivity contribution < 1.29 is 24.5 Å². The summed E-state index contributed by atoms with van der Waals surface area (Å²) >= 11 is 0. The molecule has 1 fully saturated rings. The number of nitrogens with zero attached hydrogens (tertiary/aromatic N) is 1. The fourth-order valence-corrected chi connectivity index (χ4v) is 3.35. The van der Waals surface area contributed by atoms with Gasteiger partial charge >= 0.3 is 0 Å². The van der Waals surface area contributed by atoms with Gasteiger partial charge in [0, 0.05) is 5.56 Å². The van der Waals surface area contributed by atoms with Gasteiger partial charge in [-0.2, -0.15) is 5.10 Å². The number of nitrogens with one attached hydrogen (secondary N) is 3. The molecule has 0 aliphatic carbocycles. The number of hydrazone groups is 1. The number of hydrogen-bond acceptors (Lipinski definition) is 4. The second-order valence-electron chi connectivity index (χ2n) is 7.04. The van der Waals surface area contributed by atoms with Crippen LogP contribution in [0.25, 0.3) is 0 Å². The highest BCUT2D eigenvalue weighted by atomic mass is 16.4. The Labute approximate surface area is 164 Å². The van der Waals surface area contributed by atoms with E-state index in [1.807, 2.05) is 6.07 Å². The predicted molar refractivity (Wildman–Crippen MR) is 103 cm³/mol. The van der Waals surface area contributed by atoms with E-state index in [1.165, 1.54) is 28.8 Å². The van der Waals surface area contributed by atoms with Gasteiger partial charge in [-0.3, -0.25) is 4.79 Å². The van der Waals surface area contributed by atoms with E-state index in [-0.39, 0.29) is 11.5 Å².